The highest BCUT2D eigenvalue weighted by Gasteiger charge is 2.50. The minimum atomic E-state index is 0.140. The normalized spacial score (nSPS) is 20.2. The lowest BCUT2D eigenvalue weighted by molar-refractivity contribution is -0.123. The van der Waals surface area contributed by atoms with E-state index in [0.717, 1.165) is 17.5 Å². The summed E-state index contributed by atoms with van der Waals surface area (Å²) in [5, 5.41) is 2.96. The quantitative estimate of drug-likeness (QED) is 0.816. The average Bonchev–Trinajstić information content (AvgIpc) is 2.96. The maximum atomic E-state index is 11.9. The molecule has 1 fully saturated rings. The summed E-state index contributed by atoms with van der Waals surface area (Å²) in [6, 6.07) is 7.65. The Morgan fingerprint density at radius 3 is 2.78 bits per heavy atom. The van der Waals surface area contributed by atoms with E-state index in [9.17, 15) is 4.79 Å². The number of amides is 1. The molecular formula is C14H18N2OS. The molecule has 1 atom stereocenters. The third-order valence-corrected chi connectivity index (χ3v) is 3.74. The number of nitrogens with two attached hydrogens (primary N) is 1. The van der Waals surface area contributed by atoms with Crippen LogP contribution in [-0.4, -0.2) is 10.9 Å². The molecule has 4 heteroatoms. The van der Waals surface area contributed by atoms with Gasteiger partial charge in [0.15, 0.2) is 0 Å². The largest absolute Gasteiger partial charge is 0.389 e. The molecule has 1 saturated carbocycles. The molecule has 1 aliphatic carbocycles. The van der Waals surface area contributed by atoms with Gasteiger partial charge in [0.1, 0.15) is 4.99 Å². The van der Waals surface area contributed by atoms with Crippen LogP contribution < -0.4 is 11.1 Å². The zero-order valence-corrected chi connectivity index (χ0v) is 11.5. The van der Waals surface area contributed by atoms with E-state index >= 15 is 0 Å². The highest BCUT2D eigenvalue weighted by molar-refractivity contribution is 7.80. The summed E-state index contributed by atoms with van der Waals surface area (Å²) >= 11 is 4.93. The number of carbonyl (C=O) groups excluding carboxylic acids is 1. The second-order valence-corrected chi connectivity index (χ2v) is 5.97. The maximum absolute atomic E-state index is 11.9. The highest BCUT2D eigenvalue weighted by Crippen LogP contribution is 2.51. The fraction of sp³-hybridized carbons (Fsp3) is 0.429. The van der Waals surface area contributed by atoms with E-state index in [1.165, 1.54) is 0 Å². The fourth-order valence-corrected chi connectivity index (χ4v) is 2.19. The number of hydrogen-bond acceptors (Lipinski definition) is 2. The molecule has 0 aliphatic heterocycles. The van der Waals surface area contributed by atoms with Gasteiger partial charge in [-0.25, -0.2) is 0 Å². The van der Waals surface area contributed by atoms with Crippen LogP contribution in [-0.2, 0) is 11.3 Å². The SMILES string of the molecule is CC1(C)CC1C(=O)NCc1cccc(C(N)=S)c1. The Labute approximate surface area is 113 Å². The summed E-state index contributed by atoms with van der Waals surface area (Å²) in [6.45, 7) is 4.76. The van der Waals surface area contributed by atoms with Gasteiger partial charge in [0.2, 0.25) is 5.91 Å². The Morgan fingerprint density at radius 1 is 1.56 bits per heavy atom. The van der Waals surface area contributed by atoms with Crippen LogP contribution >= 0.6 is 12.2 Å². The van der Waals surface area contributed by atoms with E-state index in [-0.39, 0.29) is 17.2 Å². The van der Waals surface area contributed by atoms with Crippen LogP contribution in [0.1, 0.15) is 31.4 Å². The second kappa shape index (κ2) is 4.69. The van der Waals surface area contributed by atoms with Gasteiger partial charge in [-0.2, -0.15) is 0 Å². The average molecular weight is 262 g/mol. The monoisotopic (exact) mass is 262 g/mol. The summed E-state index contributed by atoms with van der Waals surface area (Å²) < 4.78 is 0. The predicted molar refractivity (Wildman–Crippen MR) is 76.1 cm³/mol. The standard InChI is InChI=1S/C14H18N2OS/c1-14(2)7-11(14)13(17)16-8-9-4-3-5-10(6-9)12(15)18/h3-6,11H,7-8H2,1-2H3,(H2,15,18)(H,16,17). The van der Waals surface area contributed by atoms with E-state index in [4.69, 9.17) is 18.0 Å². The molecule has 3 nitrogen and oxygen atoms in total. The third kappa shape index (κ3) is 2.88. The summed E-state index contributed by atoms with van der Waals surface area (Å²) in [7, 11) is 0. The van der Waals surface area contributed by atoms with Crippen molar-refractivity contribution in [3.63, 3.8) is 0 Å². The topological polar surface area (TPSA) is 55.1 Å². The molecule has 3 N–H and O–H groups in total. The van der Waals surface area contributed by atoms with Crippen LogP contribution in [0.4, 0.5) is 0 Å². The van der Waals surface area contributed by atoms with Gasteiger partial charge in [-0.3, -0.25) is 4.79 Å². The van der Waals surface area contributed by atoms with Crippen molar-refractivity contribution in [2.45, 2.75) is 26.8 Å². The van der Waals surface area contributed by atoms with E-state index < -0.39 is 0 Å². The zero-order chi connectivity index (χ0) is 13.3. The number of thiocarbonyl (C=S) groups is 1. The molecule has 0 saturated heterocycles. The molecule has 18 heavy (non-hydrogen) atoms. The van der Waals surface area contributed by atoms with Crippen molar-refractivity contribution in [2.75, 3.05) is 0 Å². The predicted octanol–water partition coefficient (Wildman–Crippen LogP) is 1.98. The number of benzene rings is 1. The van der Waals surface area contributed by atoms with Gasteiger partial charge in [0.25, 0.3) is 0 Å². The van der Waals surface area contributed by atoms with Gasteiger partial charge in [-0.1, -0.05) is 44.3 Å². The third-order valence-electron chi connectivity index (χ3n) is 3.51. The first-order chi connectivity index (χ1) is 8.40. The van der Waals surface area contributed by atoms with Crippen molar-refractivity contribution >= 4 is 23.1 Å². The number of carbonyl (C=O) groups is 1. The molecule has 0 bridgehead atoms. The minimum absolute atomic E-state index is 0.140. The Hall–Kier alpha value is -1.42. The highest BCUT2D eigenvalue weighted by atomic mass is 32.1. The van der Waals surface area contributed by atoms with Gasteiger partial charge < -0.3 is 11.1 Å². The van der Waals surface area contributed by atoms with E-state index in [2.05, 4.69) is 19.2 Å². The molecule has 0 spiro atoms. The number of nitrogens with one attached hydrogen (secondary N) is 1. The minimum Gasteiger partial charge on any atom is -0.389 e. The molecule has 0 heterocycles. The molecule has 1 amide bonds. The Morgan fingerprint density at radius 2 is 2.22 bits per heavy atom. The van der Waals surface area contributed by atoms with Crippen molar-refractivity contribution in [3.8, 4) is 0 Å². The summed E-state index contributed by atoms with van der Waals surface area (Å²) in [4.78, 5) is 12.2. The Bertz CT molecular complexity index is 496. The maximum Gasteiger partial charge on any atom is 0.223 e. The van der Waals surface area contributed by atoms with Crippen LogP contribution in [0.15, 0.2) is 24.3 Å². The summed E-state index contributed by atoms with van der Waals surface area (Å²) in [5.74, 6) is 0.303. The molecule has 1 aliphatic rings. The van der Waals surface area contributed by atoms with Crippen molar-refractivity contribution in [3.05, 3.63) is 35.4 Å². The molecular weight excluding hydrogens is 244 g/mol. The summed E-state index contributed by atoms with van der Waals surface area (Å²) in [6.07, 6.45) is 0.978. The molecule has 1 unspecified atom stereocenters. The van der Waals surface area contributed by atoms with Crippen molar-refractivity contribution in [1.82, 2.24) is 5.32 Å². The number of rotatable bonds is 4. The number of hydrogen-bond donors (Lipinski definition) is 2. The first-order valence-electron chi connectivity index (χ1n) is 6.06. The van der Waals surface area contributed by atoms with Gasteiger partial charge >= 0.3 is 0 Å². The molecule has 1 aromatic carbocycles. The van der Waals surface area contributed by atoms with Crippen LogP contribution in [0.3, 0.4) is 0 Å². The van der Waals surface area contributed by atoms with Gasteiger partial charge in [0.05, 0.1) is 0 Å². The summed E-state index contributed by atoms with van der Waals surface area (Å²) in [5.41, 5.74) is 7.60. The van der Waals surface area contributed by atoms with Crippen molar-refractivity contribution < 1.29 is 4.79 Å². The first-order valence-corrected chi connectivity index (χ1v) is 6.47. The molecule has 0 aromatic heterocycles. The van der Waals surface area contributed by atoms with Crippen LogP contribution in [0, 0.1) is 11.3 Å². The van der Waals surface area contributed by atoms with E-state index in [1.54, 1.807) is 0 Å². The molecule has 1 aromatic rings. The first kappa shape index (κ1) is 13.0. The Balaban J connectivity index is 1.92. The van der Waals surface area contributed by atoms with Crippen LogP contribution in [0.5, 0.6) is 0 Å². The van der Waals surface area contributed by atoms with Crippen LogP contribution in [0.25, 0.3) is 0 Å². The van der Waals surface area contributed by atoms with Crippen molar-refractivity contribution in [2.24, 2.45) is 17.1 Å². The van der Waals surface area contributed by atoms with Crippen LogP contribution in [0.2, 0.25) is 0 Å². The van der Waals surface area contributed by atoms with E-state index in [0.29, 0.717) is 11.5 Å². The lowest BCUT2D eigenvalue weighted by Crippen LogP contribution is -2.26. The lowest BCUT2D eigenvalue weighted by Gasteiger charge is -2.08. The molecule has 0 radical (unpaired) electrons. The van der Waals surface area contributed by atoms with Crippen molar-refractivity contribution in [1.29, 1.82) is 0 Å². The van der Waals surface area contributed by atoms with Gasteiger partial charge in [-0.15, -0.1) is 0 Å². The van der Waals surface area contributed by atoms with Gasteiger partial charge in [0, 0.05) is 18.0 Å². The smallest absolute Gasteiger partial charge is 0.223 e. The second-order valence-electron chi connectivity index (χ2n) is 5.53. The fourth-order valence-electron chi connectivity index (χ4n) is 2.06. The molecule has 2 rings (SSSR count). The molecule has 96 valence electrons. The zero-order valence-electron chi connectivity index (χ0n) is 10.7. The van der Waals surface area contributed by atoms with E-state index in [1.807, 2.05) is 24.3 Å². The van der Waals surface area contributed by atoms with Gasteiger partial charge in [-0.05, 0) is 23.5 Å². The Kier molecular flexibility index (Phi) is 3.39. The lowest BCUT2D eigenvalue weighted by atomic mass is 10.1.